The summed E-state index contributed by atoms with van der Waals surface area (Å²) < 4.78 is 0. The summed E-state index contributed by atoms with van der Waals surface area (Å²) in [6, 6.07) is 6.21. The van der Waals surface area contributed by atoms with E-state index >= 15 is 0 Å². The quantitative estimate of drug-likeness (QED) is 0.884. The maximum Gasteiger partial charge on any atom is 0.217 e. The Morgan fingerprint density at radius 3 is 3.00 bits per heavy atom. The van der Waals surface area contributed by atoms with Gasteiger partial charge < -0.3 is 15.5 Å². The van der Waals surface area contributed by atoms with Crippen LogP contribution in [-0.4, -0.2) is 32.1 Å². The van der Waals surface area contributed by atoms with Crippen molar-refractivity contribution in [2.75, 3.05) is 25.0 Å². The van der Waals surface area contributed by atoms with Gasteiger partial charge in [0, 0.05) is 43.3 Å². The number of carbonyl (C=O) groups excluding carboxylic acids is 1. The molecule has 1 saturated heterocycles. The van der Waals surface area contributed by atoms with Crippen LogP contribution in [0.2, 0.25) is 5.02 Å². The third-order valence-corrected chi connectivity index (χ3v) is 3.59. The number of hydrogen-bond donors (Lipinski definition) is 2. The highest BCUT2D eigenvalue weighted by Gasteiger charge is 2.24. The summed E-state index contributed by atoms with van der Waals surface area (Å²) in [7, 11) is 1.93. The van der Waals surface area contributed by atoms with Crippen molar-refractivity contribution in [1.82, 2.24) is 10.6 Å². The molecule has 19 heavy (non-hydrogen) atoms. The molecule has 1 aromatic carbocycles. The van der Waals surface area contributed by atoms with Crippen molar-refractivity contribution in [3.8, 4) is 0 Å². The molecule has 0 aromatic heterocycles. The highest BCUT2D eigenvalue weighted by molar-refractivity contribution is 6.30. The zero-order valence-corrected chi connectivity index (χ0v) is 12.1. The lowest BCUT2D eigenvalue weighted by molar-refractivity contribution is -0.119. The Labute approximate surface area is 119 Å². The molecule has 2 N–H and O–H groups in total. The third-order valence-electron chi connectivity index (χ3n) is 3.35. The number of halogens is 1. The number of amides is 1. The highest BCUT2D eigenvalue weighted by Crippen LogP contribution is 2.28. The van der Waals surface area contributed by atoms with Crippen molar-refractivity contribution in [2.24, 2.45) is 0 Å². The summed E-state index contributed by atoms with van der Waals surface area (Å²) in [6.45, 7) is 4.17. The second-order valence-electron chi connectivity index (χ2n) is 4.94. The van der Waals surface area contributed by atoms with Crippen molar-refractivity contribution < 1.29 is 4.79 Å². The molecule has 1 aliphatic heterocycles. The van der Waals surface area contributed by atoms with Crippen molar-refractivity contribution in [3.63, 3.8) is 0 Å². The molecule has 0 radical (unpaired) electrons. The number of benzene rings is 1. The summed E-state index contributed by atoms with van der Waals surface area (Å²) in [5.74, 6) is 0.0355. The number of nitrogens with one attached hydrogen (secondary N) is 2. The Balaban J connectivity index is 2.13. The largest absolute Gasteiger partial charge is 0.369 e. The molecule has 1 fully saturated rings. The van der Waals surface area contributed by atoms with Crippen LogP contribution in [0.5, 0.6) is 0 Å². The van der Waals surface area contributed by atoms with E-state index in [9.17, 15) is 4.79 Å². The maximum absolute atomic E-state index is 11.1. The van der Waals surface area contributed by atoms with Gasteiger partial charge in [0.15, 0.2) is 0 Å². The van der Waals surface area contributed by atoms with E-state index in [-0.39, 0.29) is 11.9 Å². The highest BCUT2D eigenvalue weighted by atomic mass is 35.5. The number of rotatable bonds is 4. The smallest absolute Gasteiger partial charge is 0.217 e. The van der Waals surface area contributed by atoms with E-state index in [1.807, 2.05) is 19.2 Å². The van der Waals surface area contributed by atoms with E-state index in [0.717, 1.165) is 36.8 Å². The molecule has 1 unspecified atom stereocenters. The van der Waals surface area contributed by atoms with Crippen LogP contribution in [0.15, 0.2) is 18.2 Å². The normalized spacial score (nSPS) is 18.7. The molecule has 0 saturated carbocycles. The van der Waals surface area contributed by atoms with Gasteiger partial charge in [-0.2, -0.15) is 0 Å². The van der Waals surface area contributed by atoms with Gasteiger partial charge in [-0.1, -0.05) is 17.7 Å². The minimum absolute atomic E-state index is 0.0355. The fourth-order valence-corrected chi connectivity index (χ4v) is 2.72. The van der Waals surface area contributed by atoms with Crippen molar-refractivity contribution in [1.29, 1.82) is 0 Å². The molecule has 104 valence electrons. The Hall–Kier alpha value is -1.26. The number of hydrogen-bond acceptors (Lipinski definition) is 3. The Kier molecular flexibility index (Phi) is 4.66. The van der Waals surface area contributed by atoms with Crippen LogP contribution in [0.3, 0.4) is 0 Å². The first kappa shape index (κ1) is 14.2. The van der Waals surface area contributed by atoms with Crippen LogP contribution in [0.1, 0.15) is 18.9 Å². The van der Waals surface area contributed by atoms with Crippen molar-refractivity contribution in [2.45, 2.75) is 25.9 Å². The Morgan fingerprint density at radius 2 is 2.32 bits per heavy atom. The van der Waals surface area contributed by atoms with Crippen LogP contribution in [0, 0.1) is 0 Å². The molecule has 2 rings (SSSR count). The van der Waals surface area contributed by atoms with Gasteiger partial charge in [-0.15, -0.1) is 0 Å². The number of carbonyl (C=O) groups is 1. The summed E-state index contributed by atoms with van der Waals surface area (Å²) in [4.78, 5) is 13.4. The minimum atomic E-state index is 0.0355. The second kappa shape index (κ2) is 6.26. The lowest BCUT2D eigenvalue weighted by Crippen LogP contribution is -2.35. The minimum Gasteiger partial charge on any atom is -0.369 e. The van der Waals surface area contributed by atoms with Gasteiger partial charge >= 0.3 is 0 Å². The summed E-state index contributed by atoms with van der Waals surface area (Å²) in [6.07, 6.45) is 0.977. The predicted molar refractivity (Wildman–Crippen MR) is 78.7 cm³/mol. The zero-order valence-electron chi connectivity index (χ0n) is 11.4. The molecular weight excluding hydrogens is 262 g/mol. The molecule has 0 spiro atoms. The van der Waals surface area contributed by atoms with Gasteiger partial charge in [-0.25, -0.2) is 0 Å². The lowest BCUT2D eigenvalue weighted by atomic mass is 10.1. The first-order valence-electron chi connectivity index (χ1n) is 6.55. The molecule has 1 amide bonds. The van der Waals surface area contributed by atoms with Crippen LogP contribution < -0.4 is 15.5 Å². The van der Waals surface area contributed by atoms with Gasteiger partial charge in [0.25, 0.3) is 0 Å². The molecule has 1 aliphatic rings. The topological polar surface area (TPSA) is 44.4 Å². The zero-order chi connectivity index (χ0) is 13.8. The first-order valence-corrected chi connectivity index (χ1v) is 6.93. The molecule has 1 aromatic rings. The van der Waals surface area contributed by atoms with Crippen LogP contribution in [-0.2, 0) is 11.3 Å². The summed E-state index contributed by atoms with van der Waals surface area (Å²) in [5.41, 5.74) is 2.39. The maximum atomic E-state index is 11.1. The molecule has 5 heteroatoms. The van der Waals surface area contributed by atoms with Gasteiger partial charge in [0.05, 0.1) is 0 Å². The van der Waals surface area contributed by atoms with Crippen LogP contribution in [0.25, 0.3) is 0 Å². The van der Waals surface area contributed by atoms with Crippen molar-refractivity contribution >= 4 is 23.2 Å². The molecule has 0 aliphatic carbocycles. The summed E-state index contributed by atoms with van der Waals surface area (Å²) in [5, 5.41) is 6.90. The molecule has 4 nitrogen and oxygen atoms in total. The first-order chi connectivity index (χ1) is 9.10. The van der Waals surface area contributed by atoms with Crippen LogP contribution in [0.4, 0.5) is 5.69 Å². The van der Waals surface area contributed by atoms with E-state index < -0.39 is 0 Å². The summed E-state index contributed by atoms with van der Waals surface area (Å²) >= 11 is 6.10. The Morgan fingerprint density at radius 1 is 1.53 bits per heavy atom. The van der Waals surface area contributed by atoms with Crippen molar-refractivity contribution in [3.05, 3.63) is 28.8 Å². The fraction of sp³-hybridized carbons (Fsp3) is 0.500. The fourth-order valence-electron chi connectivity index (χ4n) is 2.56. The van der Waals surface area contributed by atoms with Gasteiger partial charge in [0.2, 0.25) is 5.91 Å². The standard InChI is InChI=1S/C14H20ClN3O/c1-10(19)17-13-5-6-18(9-13)14-7-12(15)4-3-11(14)8-16-2/h3-4,7,13,16H,5-6,8-9H2,1-2H3,(H,17,19). The van der Waals surface area contributed by atoms with Gasteiger partial charge in [-0.05, 0) is 31.2 Å². The Bertz CT molecular complexity index is 464. The van der Waals surface area contributed by atoms with Gasteiger partial charge in [0.1, 0.15) is 0 Å². The SMILES string of the molecule is CNCc1ccc(Cl)cc1N1CCC(NC(C)=O)C1. The van der Waals surface area contributed by atoms with E-state index in [1.165, 1.54) is 5.56 Å². The second-order valence-corrected chi connectivity index (χ2v) is 5.37. The molecule has 0 bridgehead atoms. The molecule has 1 atom stereocenters. The predicted octanol–water partition coefficient (Wildman–Crippen LogP) is 1.77. The van der Waals surface area contributed by atoms with E-state index in [2.05, 4.69) is 21.6 Å². The average Bonchev–Trinajstić information content (AvgIpc) is 2.79. The molecule has 1 heterocycles. The van der Waals surface area contributed by atoms with Gasteiger partial charge in [-0.3, -0.25) is 4.79 Å². The van der Waals surface area contributed by atoms with E-state index in [4.69, 9.17) is 11.6 Å². The van der Waals surface area contributed by atoms with E-state index in [0.29, 0.717) is 0 Å². The molecular formula is C14H20ClN3O. The van der Waals surface area contributed by atoms with E-state index in [1.54, 1.807) is 6.92 Å². The average molecular weight is 282 g/mol. The third kappa shape index (κ3) is 3.61. The van der Waals surface area contributed by atoms with Crippen LogP contribution >= 0.6 is 11.6 Å². The number of anilines is 1. The monoisotopic (exact) mass is 281 g/mol. The number of nitrogens with zero attached hydrogens (tertiary/aromatic N) is 1. The lowest BCUT2D eigenvalue weighted by Gasteiger charge is -2.22.